The van der Waals surface area contributed by atoms with E-state index in [1.807, 2.05) is 0 Å². The summed E-state index contributed by atoms with van der Waals surface area (Å²) in [5.74, 6) is -1.04. The smallest absolute Gasteiger partial charge is 0.333 e. The molecule has 1 aliphatic rings. The predicted molar refractivity (Wildman–Crippen MR) is 89.2 cm³/mol. The highest BCUT2D eigenvalue weighted by Crippen LogP contribution is 2.09. The fourth-order valence-electron chi connectivity index (χ4n) is 0.832. The summed E-state index contributed by atoms with van der Waals surface area (Å²) in [5.41, 5.74) is 0.864. The molecule has 0 aromatic carbocycles. The molecule has 0 saturated carbocycles. The maximum Gasteiger partial charge on any atom is 0.333 e. The van der Waals surface area contributed by atoms with Gasteiger partial charge in [0, 0.05) is 17.2 Å². The Hall–Kier alpha value is -2.41. The van der Waals surface area contributed by atoms with Gasteiger partial charge < -0.3 is 18.9 Å². The van der Waals surface area contributed by atoms with E-state index in [1.54, 1.807) is 20.8 Å². The number of rotatable bonds is 6. The first-order chi connectivity index (χ1) is 11.2. The second kappa shape index (κ2) is 14.2. The Balaban J connectivity index is 0. The van der Waals surface area contributed by atoms with Gasteiger partial charge in [-0.1, -0.05) is 19.7 Å². The van der Waals surface area contributed by atoms with Gasteiger partial charge in [-0.05, 0) is 20.8 Å². The molecule has 0 radical (unpaired) electrons. The topological polar surface area (TPSA) is 91.4 Å². The number of esters is 3. The van der Waals surface area contributed by atoms with Crippen molar-refractivity contribution in [3.63, 3.8) is 0 Å². The molecule has 1 saturated heterocycles. The van der Waals surface area contributed by atoms with Gasteiger partial charge in [-0.25, -0.2) is 14.4 Å². The van der Waals surface area contributed by atoms with Crippen LogP contribution in [-0.2, 0) is 33.3 Å². The molecule has 0 bridgehead atoms. The van der Waals surface area contributed by atoms with Gasteiger partial charge in [-0.3, -0.25) is 0 Å². The number of carbonyl (C=O) groups excluding carboxylic acids is 3. The molecule has 1 heterocycles. The predicted octanol–water partition coefficient (Wildman–Crippen LogP) is 1.98. The highest BCUT2D eigenvalue weighted by Gasteiger charge is 2.24. The zero-order valence-electron chi connectivity index (χ0n) is 14.8. The van der Waals surface area contributed by atoms with Crippen molar-refractivity contribution in [2.45, 2.75) is 26.9 Å². The van der Waals surface area contributed by atoms with Crippen LogP contribution in [0.15, 0.2) is 37.0 Å². The van der Waals surface area contributed by atoms with Crippen molar-refractivity contribution in [2.24, 2.45) is 0 Å². The molecule has 1 fully saturated rings. The molecule has 0 amide bonds. The number of epoxide rings is 1. The molecule has 136 valence electrons. The van der Waals surface area contributed by atoms with E-state index in [9.17, 15) is 14.4 Å². The zero-order valence-corrected chi connectivity index (χ0v) is 14.8. The van der Waals surface area contributed by atoms with E-state index in [2.05, 4.69) is 29.2 Å². The van der Waals surface area contributed by atoms with Crippen LogP contribution in [0.4, 0.5) is 0 Å². The van der Waals surface area contributed by atoms with Crippen LogP contribution in [-0.4, -0.2) is 50.9 Å². The van der Waals surface area contributed by atoms with Gasteiger partial charge >= 0.3 is 17.9 Å². The highest BCUT2D eigenvalue weighted by molar-refractivity contribution is 5.87. The van der Waals surface area contributed by atoms with Crippen molar-refractivity contribution in [1.29, 1.82) is 0 Å². The van der Waals surface area contributed by atoms with Gasteiger partial charge in [0.2, 0.25) is 0 Å². The summed E-state index contributed by atoms with van der Waals surface area (Å²) in [6, 6.07) is 0. The molecule has 0 N–H and O–H groups in total. The molecule has 7 heteroatoms. The maximum atomic E-state index is 10.7. The lowest BCUT2D eigenvalue weighted by Crippen LogP contribution is -2.09. The quantitative estimate of drug-likeness (QED) is 0.315. The summed E-state index contributed by atoms with van der Waals surface area (Å²) >= 11 is 0. The van der Waals surface area contributed by atoms with Crippen LogP contribution in [0, 0.1) is 0 Å². The van der Waals surface area contributed by atoms with E-state index >= 15 is 0 Å². The van der Waals surface area contributed by atoms with E-state index in [-0.39, 0.29) is 24.0 Å². The summed E-state index contributed by atoms with van der Waals surface area (Å²) in [5, 5.41) is 0. The van der Waals surface area contributed by atoms with Gasteiger partial charge in [-0.15, -0.1) is 0 Å². The molecule has 0 aromatic rings. The second-order valence-corrected chi connectivity index (χ2v) is 4.56. The second-order valence-electron chi connectivity index (χ2n) is 4.56. The molecule has 0 aliphatic carbocycles. The van der Waals surface area contributed by atoms with Gasteiger partial charge in [0.1, 0.15) is 12.7 Å². The fraction of sp³-hybridized carbons (Fsp3) is 0.471. The van der Waals surface area contributed by atoms with Crippen LogP contribution in [0.5, 0.6) is 0 Å². The largest absolute Gasteiger partial charge is 0.466 e. The van der Waals surface area contributed by atoms with Crippen LogP contribution in [0.25, 0.3) is 0 Å². The summed E-state index contributed by atoms with van der Waals surface area (Å²) in [4.78, 5) is 31.0. The fourth-order valence-corrected chi connectivity index (χ4v) is 0.832. The first kappa shape index (κ1) is 23.9. The number of hydrogen-bond donors (Lipinski definition) is 0. The highest BCUT2D eigenvalue weighted by atomic mass is 16.6. The van der Waals surface area contributed by atoms with Gasteiger partial charge in [-0.2, -0.15) is 0 Å². The average Bonchev–Trinajstić information content (AvgIpc) is 3.37. The van der Waals surface area contributed by atoms with Crippen molar-refractivity contribution in [1.82, 2.24) is 0 Å². The van der Waals surface area contributed by atoms with Crippen molar-refractivity contribution < 1.29 is 33.3 Å². The Morgan fingerprint density at radius 2 is 1.62 bits per heavy atom. The Kier molecular flexibility index (Phi) is 14.1. The first-order valence-corrected chi connectivity index (χ1v) is 7.16. The van der Waals surface area contributed by atoms with Gasteiger partial charge in [0.15, 0.2) is 0 Å². The van der Waals surface area contributed by atoms with Crippen molar-refractivity contribution in [2.75, 3.05) is 26.9 Å². The summed E-state index contributed by atoms with van der Waals surface area (Å²) in [6.07, 6.45) is 1.28. The summed E-state index contributed by atoms with van der Waals surface area (Å²) < 4.78 is 18.3. The SMILES string of the molecule is C=C(C)C(=O)OC.C=C(C)C(=O)OCC1CO1.C=CC(=O)OCC. The minimum absolute atomic E-state index is 0.142. The number of ether oxygens (including phenoxy) is 4. The first-order valence-electron chi connectivity index (χ1n) is 7.16. The minimum atomic E-state index is -0.359. The number of methoxy groups -OCH3 is 1. The maximum absolute atomic E-state index is 10.7. The van der Waals surface area contributed by atoms with Crippen molar-refractivity contribution in [3.8, 4) is 0 Å². The molecule has 0 aromatic heterocycles. The number of hydrogen-bond acceptors (Lipinski definition) is 7. The average molecular weight is 342 g/mol. The lowest BCUT2D eigenvalue weighted by molar-refractivity contribution is -0.139. The molecular weight excluding hydrogens is 316 g/mol. The molecule has 7 nitrogen and oxygen atoms in total. The molecule has 24 heavy (non-hydrogen) atoms. The third-order valence-electron chi connectivity index (χ3n) is 2.14. The Labute approximate surface area is 142 Å². The van der Waals surface area contributed by atoms with Crippen LogP contribution in [0.2, 0.25) is 0 Å². The normalized spacial score (nSPS) is 13.6. The van der Waals surface area contributed by atoms with E-state index < -0.39 is 0 Å². The lowest BCUT2D eigenvalue weighted by atomic mass is 10.4. The van der Waals surface area contributed by atoms with Crippen LogP contribution < -0.4 is 0 Å². The Bertz CT molecular complexity index is 460. The van der Waals surface area contributed by atoms with Crippen LogP contribution >= 0.6 is 0 Å². The van der Waals surface area contributed by atoms with Crippen LogP contribution in [0.1, 0.15) is 20.8 Å². The molecule has 0 spiro atoms. The van der Waals surface area contributed by atoms with E-state index in [1.165, 1.54) is 7.11 Å². The molecule has 1 aliphatic heterocycles. The van der Waals surface area contributed by atoms with E-state index in [4.69, 9.17) is 9.47 Å². The number of carbonyl (C=O) groups is 3. The molecule has 1 atom stereocenters. The van der Waals surface area contributed by atoms with Crippen LogP contribution in [0.3, 0.4) is 0 Å². The Morgan fingerprint density at radius 1 is 1.12 bits per heavy atom. The van der Waals surface area contributed by atoms with E-state index in [0.29, 0.717) is 31.0 Å². The zero-order chi connectivity index (χ0) is 19.1. The Morgan fingerprint density at radius 3 is 1.83 bits per heavy atom. The third kappa shape index (κ3) is 16.0. The van der Waals surface area contributed by atoms with Crippen molar-refractivity contribution >= 4 is 17.9 Å². The standard InChI is InChI=1S/C7H10O3.2C5H8O2/c1-5(2)7(8)10-4-6-3-9-6;1-4(2)5(6)7-3;1-3-5(6)7-4-2/h6H,1,3-4H2,2H3;1H2,2-3H3;3H,1,4H2,2H3. The third-order valence-corrected chi connectivity index (χ3v) is 2.14. The summed E-state index contributed by atoms with van der Waals surface area (Å²) in [7, 11) is 1.33. The van der Waals surface area contributed by atoms with Gasteiger partial charge in [0.25, 0.3) is 0 Å². The van der Waals surface area contributed by atoms with E-state index in [0.717, 1.165) is 6.08 Å². The lowest BCUT2D eigenvalue weighted by Gasteiger charge is -1.99. The molecular formula is C17H26O7. The summed E-state index contributed by atoms with van der Waals surface area (Å²) in [6.45, 7) is 16.5. The van der Waals surface area contributed by atoms with Gasteiger partial charge in [0.05, 0.1) is 20.3 Å². The molecule has 1 rings (SSSR count). The molecule has 1 unspecified atom stereocenters. The minimum Gasteiger partial charge on any atom is -0.466 e. The monoisotopic (exact) mass is 342 g/mol. The van der Waals surface area contributed by atoms with Crippen molar-refractivity contribution in [3.05, 3.63) is 37.0 Å².